The number of piperidine rings is 2. The fourth-order valence-electron chi connectivity index (χ4n) is 6.37. The molecule has 0 radical (unpaired) electrons. The van der Waals surface area contributed by atoms with E-state index in [-0.39, 0.29) is 37.2 Å². The zero-order valence-corrected chi connectivity index (χ0v) is 26.1. The van der Waals surface area contributed by atoms with Crippen LogP contribution in [-0.4, -0.2) is 130 Å². The summed E-state index contributed by atoms with van der Waals surface area (Å²) < 4.78 is 12.6. The minimum Gasteiger partial charge on any atom is -0.458 e. The largest absolute Gasteiger partial charge is 0.458 e. The molecule has 2 aliphatic rings. The minimum absolute atomic E-state index is 0.231. The van der Waals surface area contributed by atoms with E-state index in [9.17, 15) is 20.0 Å². The summed E-state index contributed by atoms with van der Waals surface area (Å²) in [5.41, 5.74) is -1.91. The Labute approximate surface area is 230 Å². The summed E-state index contributed by atoms with van der Waals surface area (Å²) in [4.78, 5) is 25.7. The van der Waals surface area contributed by atoms with Gasteiger partial charge in [0.2, 0.25) is 0 Å². The molecule has 38 heavy (non-hydrogen) atoms. The lowest BCUT2D eigenvalue weighted by Gasteiger charge is -2.51. The van der Waals surface area contributed by atoms with E-state index in [0.29, 0.717) is 47.7 Å². The molecule has 0 unspecified atom stereocenters. The number of likely N-dealkylation sites (N-methyl/N-ethyl adjacent to an activating group) is 2. The summed E-state index contributed by atoms with van der Waals surface area (Å²) in [6.45, 7) is 17.5. The maximum Gasteiger partial charge on any atom is 0.362 e. The Morgan fingerprint density at radius 1 is 0.632 bits per heavy atom. The molecule has 0 aromatic heterocycles. The Balaban J connectivity index is 1.86. The molecule has 0 atom stereocenters. The predicted molar refractivity (Wildman–Crippen MR) is 145 cm³/mol. The first kappa shape index (κ1) is 32.9. The third-order valence-electron chi connectivity index (χ3n) is 8.22. The average molecular weight is 545 g/mol. The normalized spacial score (nSPS) is 24.7. The fourth-order valence-corrected chi connectivity index (χ4v) is 6.37. The third-order valence-corrected chi connectivity index (χ3v) is 8.22. The molecule has 0 spiro atoms. The van der Waals surface area contributed by atoms with Crippen LogP contribution in [0.25, 0.3) is 0 Å². The van der Waals surface area contributed by atoms with Crippen LogP contribution < -0.4 is 0 Å². The molecule has 0 saturated carbocycles. The molecule has 2 fully saturated rings. The van der Waals surface area contributed by atoms with Crippen molar-refractivity contribution in [2.45, 2.75) is 115 Å². The van der Waals surface area contributed by atoms with Gasteiger partial charge in [-0.3, -0.25) is 0 Å². The van der Waals surface area contributed by atoms with Gasteiger partial charge in [0, 0.05) is 47.8 Å². The quantitative estimate of drug-likeness (QED) is 0.338. The second-order valence-corrected chi connectivity index (χ2v) is 15.5. The van der Waals surface area contributed by atoms with Gasteiger partial charge in [-0.1, -0.05) is 0 Å². The Hall–Kier alpha value is -1.30. The molecule has 10 heteroatoms. The highest BCUT2D eigenvalue weighted by molar-refractivity contribution is 5.71. The number of hydroxylamine groups is 4. The van der Waals surface area contributed by atoms with Crippen molar-refractivity contribution >= 4 is 11.9 Å². The van der Waals surface area contributed by atoms with Crippen molar-refractivity contribution in [3.05, 3.63) is 0 Å². The van der Waals surface area contributed by atoms with E-state index >= 15 is 0 Å². The Bertz CT molecular complexity index is 761. The summed E-state index contributed by atoms with van der Waals surface area (Å²) in [5, 5.41) is 23.8. The molecule has 0 aliphatic carbocycles. The van der Waals surface area contributed by atoms with E-state index in [2.05, 4.69) is 0 Å². The number of hydrogen-bond donors (Lipinski definition) is 2. The van der Waals surface area contributed by atoms with E-state index in [1.165, 1.54) is 10.1 Å². The van der Waals surface area contributed by atoms with Gasteiger partial charge in [0.1, 0.15) is 25.3 Å². The molecular formula is C28H56N4O6+2. The molecule has 0 bridgehead atoms. The Morgan fingerprint density at radius 3 is 1.11 bits per heavy atom. The summed E-state index contributed by atoms with van der Waals surface area (Å²) in [6, 6.07) is 0. The van der Waals surface area contributed by atoms with Crippen molar-refractivity contribution in [1.29, 1.82) is 0 Å². The van der Waals surface area contributed by atoms with Gasteiger partial charge in [0.05, 0.1) is 28.2 Å². The Kier molecular flexibility index (Phi) is 9.47. The van der Waals surface area contributed by atoms with E-state index in [1.807, 2.05) is 83.6 Å². The Morgan fingerprint density at radius 2 is 0.868 bits per heavy atom. The third kappa shape index (κ3) is 8.60. The average Bonchev–Trinajstić information content (AvgIpc) is 2.67. The lowest BCUT2D eigenvalue weighted by Crippen LogP contribution is -2.61. The van der Waals surface area contributed by atoms with E-state index in [4.69, 9.17) is 9.47 Å². The van der Waals surface area contributed by atoms with Gasteiger partial charge in [-0.05, 0) is 55.4 Å². The van der Waals surface area contributed by atoms with Crippen molar-refractivity contribution in [3.8, 4) is 0 Å². The highest BCUT2D eigenvalue weighted by Gasteiger charge is 2.48. The second kappa shape index (κ2) is 10.9. The summed E-state index contributed by atoms with van der Waals surface area (Å²) in [5.74, 6) is -0.494. The smallest absolute Gasteiger partial charge is 0.362 e. The molecule has 222 valence electrons. The van der Waals surface area contributed by atoms with Gasteiger partial charge in [0.25, 0.3) is 0 Å². The molecule has 2 rings (SSSR count). The second-order valence-electron chi connectivity index (χ2n) is 15.5. The number of hydrogen-bond acceptors (Lipinski definition) is 8. The van der Waals surface area contributed by atoms with Gasteiger partial charge in [0.15, 0.2) is 13.1 Å². The van der Waals surface area contributed by atoms with Crippen LogP contribution in [0.4, 0.5) is 0 Å². The molecule has 0 aromatic rings. The molecule has 10 nitrogen and oxygen atoms in total. The zero-order chi connectivity index (χ0) is 29.5. The van der Waals surface area contributed by atoms with Crippen LogP contribution in [0.3, 0.4) is 0 Å². The van der Waals surface area contributed by atoms with Crippen LogP contribution in [-0.2, 0) is 19.1 Å². The molecule has 0 aromatic carbocycles. The fraction of sp³-hybridized carbons (Fsp3) is 0.929. The summed E-state index contributed by atoms with van der Waals surface area (Å²) in [6.07, 6.45) is 1.80. The van der Waals surface area contributed by atoms with E-state index in [0.717, 1.165) is 0 Å². The topological polar surface area (TPSA) is 99.5 Å². The maximum absolute atomic E-state index is 12.9. The summed E-state index contributed by atoms with van der Waals surface area (Å²) in [7, 11) is 7.99. The van der Waals surface area contributed by atoms with Crippen molar-refractivity contribution in [3.63, 3.8) is 0 Å². The van der Waals surface area contributed by atoms with Gasteiger partial charge in [-0.25, -0.2) is 9.59 Å². The minimum atomic E-state index is -0.478. The number of carbonyl (C=O) groups is 2. The zero-order valence-electron chi connectivity index (χ0n) is 26.1. The number of nitrogens with zero attached hydrogens (tertiary/aromatic N) is 4. The van der Waals surface area contributed by atoms with Gasteiger partial charge < -0.3 is 28.9 Å². The molecule has 2 heterocycles. The van der Waals surface area contributed by atoms with Crippen LogP contribution >= 0.6 is 0 Å². The van der Waals surface area contributed by atoms with Gasteiger partial charge in [-0.15, -0.1) is 0 Å². The van der Waals surface area contributed by atoms with Crippen LogP contribution in [0.15, 0.2) is 0 Å². The van der Waals surface area contributed by atoms with Gasteiger partial charge in [-0.2, -0.15) is 10.1 Å². The molecule has 0 amide bonds. The lowest BCUT2D eigenvalue weighted by atomic mass is 9.80. The predicted octanol–water partition coefficient (Wildman–Crippen LogP) is 3.05. The maximum atomic E-state index is 12.9. The highest BCUT2D eigenvalue weighted by atomic mass is 16.6. The first-order valence-corrected chi connectivity index (χ1v) is 13.9. The number of carbonyl (C=O) groups excluding carboxylic acids is 2. The van der Waals surface area contributed by atoms with Gasteiger partial charge >= 0.3 is 11.9 Å². The van der Waals surface area contributed by atoms with Crippen molar-refractivity contribution in [2.75, 3.05) is 54.4 Å². The summed E-state index contributed by atoms with van der Waals surface area (Å²) >= 11 is 0. The van der Waals surface area contributed by atoms with Crippen molar-refractivity contribution < 1.29 is 38.4 Å². The molecule has 2 saturated heterocycles. The lowest BCUT2D eigenvalue weighted by molar-refractivity contribution is -0.939. The van der Waals surface area contributed by atoms with Crippen LogP contribution in [0, 0.1) is 0 Å². The van der Waals surface area contributed by atoms with Crippen LogP contribution in [0.2, 0.25) is 0 Å². The van der Waals surface area contributed by atoms with Crippen LogP contribution in [0.1, 0.15) is 81.1 Å². The molecule has 2 aliphatic heterocycles. The highest BCUT2D eigenvalue weighted by Crippen LogP contribution is 2.39. The molecular weight excluding hydrogens is 488 g/mol. The van der Waals surface area contributed by atoms with E-state index < -0.39 is 22.2 Å². The monoisotopic (exact) mass is 544 g/mol. The van der Waals surface area contributed by atoms with Crippen LogP contribution in [0.5, 0.6) is 0 Å². The number of ether oxygens (including phenoxy) is 2. The molecule has 2 N–H and O–H groups in total. The van der Waals surface area contributed by atoms with Crippen molar-refractivity contribution in [2.24, 2.45) is 0 Å². The number of rotatable bonds is 9. The SMILES string of the molecule is CC1(C)CC(OC(=O)C[N+](C)(C)CC[N+](C)(C)CC(=O)OC2CC(C)(C)N(O)C(C)(C)C2)CC(C)(C)N1O. The number of quaternary nitrogens is 2. The first-order valence-electron chi connectivity index (χ1n) is 13.9. The first-order chi connectivity index (χ1) is 16.9. The van der Waals surface area contributed by atoms with E-state index in [1.54, 1.807) is 0 Å². The standard InChI is InChI=1S/C28H56N4O6/c1-25(2)15-21(16-26(3,4)29(25)35)37-23(33)19-31(9,10)13-14-32(11,12)20-24(34)38-22-17-27(5,6)30(36)28(7,8)18-22/h21-22,35-36H,13-20H2,1-12H3/q+2. The van der Waals surface area contributed by atoms with Crippen molar-refractivity contribution in [1.82, 2.24) is 10.1 Å². The number of esters is 2.